The van der Waals surface area contributed by atoms with Crippen LogP contribution in [0.5, 0.6) is 5.75 Å². The van der Waals surface area contributed by atoms with Crippen LogP contribution in [0.25, 0.3) is 0 Å². The number of carbonyl (C=O) groups excluding carboxylic acids is 3. The first kappa shape index (κ1) is 18.7. The molecule has 0 unspecified atom stereocenters. The van der Waals surface area contributed by atoms with Crippen LogP contribution in [0.1, 0.15) is 24.8 Å². The van der Waals surface area contributed by atoms with E-state index in [1.54, 1.807) is 6.07 Å². The topological polar surface area (TPSA) is 98.9 Å². The van der Waals surface area contributed by atoms with Gasteiger partial charge < -0.3 is 20.1 Å². The van der Waals surface area contributed by atoms with Crippen LogP contribution in [-0.2, 0) is 25.5 Å². The molecule has 2 N–H and O–H groups in total. The Bertz CT molecular complexity index is 664. The van der Waals surface area contributed by atoms with Crippen molar-refractivity contribution in [1.29, 1.82) is 0 Å². The molecule has 1 aromatic carbocycles. The maximum atomic E-state index is 13.6. The number of piperidine rings is 1. The molecule has 1 heterocycles. The van der Waals surface area contributed by atoms with E-state index in [-0.39, 0.29) is 12.2 Å². The molecule has 0 bridgehead atoms. The van der Waals surface area contributed by atoms with E-state index in [1.807, 2.05) is 0 Å². The number of rotatable bonds is 6. The van der Waals surface area contributed by atoms with Gasteiger partial charge in [-0.2, -0.15) is 0 Å². The van der Waals surface area contributed by atoms with E-state index in [4.69, 9.17) is 15.2 Å². The van der Waals surface area contributed by atoms with Crippen LogP contribution in [0.4, 0.5) is 4.39 Å². The number of amides is 2. The molecule has 7 nitrogen and oxygen atoms in total. The van der Waals surface area contributed by atoms with E-state index in [0.29, 0.717) is 18.5 Å². The summed E-state index contributed by atoms with van der Waals surface area (Å²) in [7, 11) is 1.35. The second kappa shape index (κ2) is 8.46. The third-order valence-corrected chi connectivity index (χ3v) is 4.07. The Hall–Kier alpha value is -2.64. The summed E-state index contributed by atoms with van der Waals surface area (Å²) in [4.78, 5) is 36.8. The summed E-state index contributed by atoms with van der Waals surface area (Å²) in [6, 6.07) is 3.47. The number of hydrogen-bond acceptors (Lipinski definition) is 5. The fraction of sp³-hybridized carbons (Fsp3) is 0.471. The minimum Gasteiger partial charge on any atom is -0.494 e. The van der Waals surface area contributed by atoms with E-state index in [1.165, 1.54) is 24.1 Å². The van der Waals surface area contributed by atoms with Gasteiger partial charge in [-0.05, 0) is 37.0 Å². The highest BCUT2D eigenvalue weighted by molar-refractivity contribution is 5.88. The average molecular weight is 352 g/mol. The minimum atomic E-state index is -0.662. The summed E-state index contributed by atoms with van der Waals surface area (Å²) in [5, 5.41) is 0. The number of methoxy groups -OCH3 is 1. The number of benzene rings is 1. The van der Waals surface area contributed by atoms with Crippen LogP contribution in [0.15, 0.2) is 18.2 Å². The molecule has 0 saturated carbocycles. The minimum absolute atomic E-state index is 0.0786. The SMILES string of the molecule is COc1ccc(CC(=O)OCC(=O)N2CCCC[C@@H]2C(N)=O)cc1F. The number of primary amides is 1. The van der Waals surface area contributed by atoms with Crippen LogP contribution in [0, 0.1) is 5.82 Å². The van der Waals surface area contributed by atoms with Gasteiger partial charge in [-0.1, -0.05) is 6.07 Å². The lowest BCUT2D eigenvalue weighted by Gasteiger charge is -2.33. The molecule has 1 aromatic rings. The number of nitrogens with two attached hydrogens (primary N) is 1. The molecule has 2 rings (SSSR count). The summed E-state index contributed by atoms with van der Waals surface area (Å²) >= 11 is 0. The van der Waals surface area contributed by atoms with Gasteiger partial charge in [-0.25, -0.2) is 4.39 Å². The number of nitrogens with zero attached hydrogens (tertiary/aromatic N) is 1. The summed E-state index contributed by atoms with van der Waals surface area (Å²) in [5.74, 6) is -2.19. The standard InChI is InChI=1S/C17H21FN2O5/c1-24-14-6-5-11(8-12(14)18)9-16(22)25-10-15(21)20-7-3-2-4-13(20)17(19)23/h5-6,8,13H,2-4,7,9-10H2,1H3,(H2,19,23)/t13-/m1/s1. The first-order valence-corrected chi connectivity index (χ1v) is 7.99. The first-order valence-electron chi connectivity index (χ1n) is 7.99. The van der Waals surface area contributed by atoms with Gasteiger partial charge in [0.1, 0.15) is 6.04 Å². The number of likely N-dealkylation sites (tertiary alicyclic amines) is 1. The maximum absolute atomic E-state index is 13.6. The Kier molecular flexibility index (Phi) is 6.32. The summed E-state index contributed by atoms with van der Waals surface area (Å²) in [5.41, 5.74) is 5.71. The highest BCUT2D eigenvalue weighted by Crippen LogP contribution is 2.19. The molecule has 25 heavy (non-hydrogen) atoms. The van der Waals surface area contributed by atoms with Crippen LogP contribution < -0.4 is 10.5 Å². The van der Waals surface area contributed by atoms with Crippen molar-refractivity contribution in [3.05, 3.63) is 29.6 Å². The lowest BCUT2D eigenvalue weighted by molar-refractivity contribution is -0.154. The molecule has 1 aliphatic rings. The van der Waals surface area contributed by atoms with Crippen molar-refractivity contribution in [2.45, 2.75) is 31.7 Å². The van der Waals surface area contributed by atoms with Gasteiger partial charge >= 0.3 is 5.97 Å². The molecular weight excluding hydrogens is 331 g/mol. The fourth-order valence-electron chi connectivity index (χ4n) is 2.79. The largest absolute Gasteiger partial charge is 0.494 e. The number of halogens is 1. The lowest BCUT2D eigenvalue weighted by Crippen LogP contribution is -2.51. The van der Waals surface area contributed by atoms with Crippen molar-refractivity contribution in [2.24, 2.45) is 5.73 Å². The van der Waals surface area contributed by atoms with Crippen molar-refractivity contribution in [2.75, 3.05) is 20.3 Å². The van der Waals surface area contributed by atoms with E-state index in [2.05, 4.69) is 0 Å². The third-order valence-electron chi connectivity index (χ3n) is 4.07. The first-order chi connectivity index (χ1) is 11.9. The lowest BCUT2D eigenvalue weighted by atomic mass is 10.0. The summed E-state index contributed by atoms with van der Waals surface area (Å²) in [6.07, 6.45) is 1.93. The van der Waals surface area contributed by atoms with Crippen molar-refractivity contribution in [3.63, 3.8) is 0 Å². The number of carbonyl (C=O) groups is 3. The molecule has 2 amide bonds. The van der Waals surface area contributed by atoms with E-state index >= 15 is 0 Å². The summed E-state index contributed by atoms with van der Waals surface area (Å²) in [6.45, 7) is -0.0606. The third kappa shape index (κ3) is 4.91. The molecule has 136 valence electrons. The molecule has 1 fully saturated rings. The zero-order chi connectivity index (χ0) is 18.4. The van der Waals surface area contributed by atoms with Crippen molar-refractivity contribution >= 4 is 17.8 Å². The predicted octanol–water partition coefficient (Wildman–Crippen LogP) is 0.786. The van der Waals surface area contributed by atoms with Gasteiger partial charge in [0, 0.05) is 6.54 Å². The molecule has 0 spiro atoms. The molecule has 8 heteroatoms. The maximum Gasteiger partial charge on any atom is 0.310 e. The Morgan fingerprint density at radius 1 is 1.32 bits per heavy atom. The Morgan fingerprint density at radius 2 is 2.08 bits per heavy atom. The van der Waals surface area contributed by atoms with Crippen LogP contribution in [-0.4, -0.2) is 49.0 Å². The molecule has 0 aliphatic carbocycles. The monoisotopic (exact) mass is 352 g/mol. The second-order valence-corrected chi connectivity index (χ2v) is 5.81. The van der Waals surface area contributed by atoms with Gasteiger partial charge in [0.2, 0.25) is 5.91 Å². The number of esters is 1. The molecule has 1 aliphatic heterocycles. The molecule has 1 saturated heterocycles. The summed E-state index contributed by atoms with van der Waals surface area (Å²) < 4.78 is 23.3. The van der Waals surface area contributed by atoms with Gasteiger partial charge in [0.05, 0.1) is 13.5 Å². The van der Waals surface area contributed by atoms with Crippen molar-refractivity contribution in [1.82, 2.24) is 4.90 Å². The molecule has 0 aromatic heterocycles. The Labute approximate surface area is 144 Å². The van der Waals surface area contributed by atoms with E-state index in [0.717, 1.165) is 12.8 Å². The van der Waals surface area contributed by atoms with Crippen LogP contribution >= 0.6 is 0 Å². The smallest absolute Gasteiger partial charge is 0.310 e. The molecule has 0 radical (unpaired) electrons. The van der Waals surface area contributed by atoms with Crippen molar-refractivity contribution in [3.8, 4) is 5.75 Å². The average Bonchev–Trinajstić information content (AvgIpc) is 2.59. The van der Waals surface area contributed by atoms with Gasteiger partial charge in [-0.3, -0.25) is 14.4 Å². The van der Waals surface area contributed by atoms with Gasteiger partial charge in [0.15, 0.2) is 18.2 Å². The van der Waals surface area contributed by atoms with E-state index in [9.17, 15) is 18.8 Å². The number of hydrogen-bond donors (Lipinski definition) is 1. The predicted molar refractivity (Wildman–Crippen MR) is 86.2 cm³/mol. The highest BCUT2D eigenvalue weighted by Gasteiger charge is 2.30. The van der Waals surface area contributed by atoms with Crippen molar-refractivity contribution < 1.29 is 28.2 Å². The van der Waals surface area contributed by atoms with Gasteiger partial charge in [0.25, 0.3) is 5.91 Å². The van der Waals surface area contributed by atoms with Crippen LogP contribution in [0.2, 0.25) is 0 Å². The van der Waals surface area contributed by atoms with E-state index < -0.39 is 36.2 Å². The molecule has 1 atom stereocenters. The Balaban J connectivity index is 1.87. The molecular formula is C17H21FN2O5. The Morgan fingerprint density at radius 3 is 2.72 bits per heavy atom. The van der Waals surface area contributed by atoms with Crippen LogP contribution in [0.3, 0.4) is 0 Å². The second-order valence-electron chi connectivity index (χ2n) is 5.81. The zero-order valence-corrected chi connectivity index (χ0v) is 14.0. The normalized spacial score (nSPS) is 17.0. The quantitative estimate of drug-likeness (QED) is 0.763. The number of ether oxygens (including phenoxy) is 2. The van der Waals surface area contributed by atoms with Gasteiger partial charge in [-0.15, -0.1) is 0 Å². The zero-order valence-electron chi connectivity index (χ0n) is 14.0. The highest BCUT2D eigenvalue weighted by atomic mass is 19.1. The fourth-order valence-corrected chi connectivity index (χ4v) is 2.79.